The zero-order valence-corrected chi connectivity index (χ0v) is 11.7. The lowest BCUT2D eigenvalue weighted by Gasteiger charge is -2.11. The number of aliphatic hydroxyl groups is 1. The topological polar surface area (TPSA) is 92.4 Å². The molecule has 0 aliphatic heterocycles. The highest BCUT2D eigenvalue weighted by Crippen LogP contribution is 2.26. The summed E-state index contributed by atoms with van der Waals surface area (Å²) < 4.78 is 45.2. The fourth-order valence-corrected chi connectivity index (χ4v) is 3.30. The van der Waals surface area contributed by atoms with Crippen LogP contribution in [-0.2, 0) is 16.6 Å². The van der Waals surface area contributed by atoms with E-state index in [0.717, 1.165) is 6.07 Å². The number of rotatable bonds is 4. The molecular formula is C12H13FN2O4S. The molecule has 20 heavy (non-hydrogen) atoms. The molecule has 1 aromatic heterocycles. The van der Waals surface area contributed by atoms with Crippen LogP contribution < -0.4 is 4.72 Å². The minimum absolute atomic E-state index is 0.108. The molecule has 8 heteroatoms. The Balaban J connectivity index is 2.50. The van der Waals surface area contributed by atoms with Gasteiger partial charge in [0.2, 0.25) is 0 Å². The quantitative estimate of drug-likeness (QED) is 0.897. The number of nitrogens with zero attached hydrogens (tertiary/aromatic N) is 1. The number of anilines is 1. The van der Waals surface area contributed by atoms with E-state index in [2.05, 4.69) is 9.88 Å². The average Bonchev–Trinajstić information content (AvgIpc) is 2.72. The van der Waals surface area contributed by atoms with Crippen molar-refractivity contribution >= 4 is 15.7 Å². The van der Waals surface area contributed by atoms with Gasteiger partial charge in [0.15, 0.2) is 10.7 Å². The van der Waals surface area contributed by atoms with Crippen LogP contribution in [0.15, 0.2) is 27.6 Å². The Labute approximate surface area is 115 Å². The first-order valence-corrected chi connectivity index (χ1v) is 7.19. The monoisotopic (exact) mass is 300 g/mol. The molecule has 0 saturated carbocycles. The Kier molecular flexibility index (Phi) is 3.78. The summed E-state index contributed by atoms with van der Waals surface area (Å²) in [6, 6.07) is 3.91. The van der Waals surface area contributed by atoms with E-state index in [0.29, 0.717) is 0 Å². The summed E-state index contributed by atoms with van der Waals surface area (Å²) in [4.78, 5) is -0.135. The van der Waals surface area contributed by atoms with Gasteiger partial charge in [-0.05, 0) is 19.9 Å². The molecule has 0 spiro atoms. The smallest absolute Gasteiger partial charge is 0.267 e. The van der Waals surface area contributed by atoms with Crippen molar-refractivity contribution in [3.8, 4) is 0 Å². The van der Waals surface area contributed by atoms with Crippen molar-refractivity contribution in [2.24, 2.45) is 0 Å². The highest BCUT2D eigenvalue weighted by Gasteiger charge is 2.26. The summed E-state index contributed by atoms with van der Waals surface area (Å²) in [6.45, 7) is 2.43. The van der Waals surface area contributed by atoms with Crippen molar-refractivity contribution in [2.45, 2.75) is 25.3 Å². The maximum absolute atomic E-state index is 13.7. The molecule has 0 aliphatic carbocycles. The van der Waals surface area contributed by atoms with Crippen molar-refractivity contribution in [1.82, 2.24) is 5.16 Å². The Hall–Kier alpha value is -1.93. The predicted octanol–water partition coefficient (Wildman–Crippen LogP) is 1.72. The third-order valence-corrected chi connectivity index (χ3v) is 4.34. The van der Waals surface area contributed by atoms with E-state index < -0.39 is 22.4 Å². The van der Waals surface area contributed by atoms with Crippen LogP contribution in [0.1, 0.15) is 17.0 Å². The van der Waals surface area contributed by atoms with Gasteiger partial charge in [0.05, 0.1) is 12.3 Å². The van der Waals surface area contributed by atoms with E-state index in [1.54, 1.807) is 0 Å². The summed E-state index contributed by atoms with van der Waals surface area (Å²) in [5.41, 5.74) is 0.0345. The fourth-order valence-electron chi connectivity index (χ4n) is 1.86. The number of nitrogens with one attached hydrogen (secondary N) is 1. The Morgan fingerprint density at radius 2 is 2.10 bits per heavy atom. The van der Waals surface area contributed by atoms with Crippen LogP contribution in [0, 0.1) is 19.7 Å². The van der Waals surface area contributed by atoms with Crippen molar-refractivity contribution < 1.29 is 22.4 Å². The molecule has 0 radical (unpaired) electrons. The maximum Gasteiger partial charge on any atom is 0.267 e. The summed E-state index contributed by atoms with van der Waals surface area (Å²) in [6.07, 6.45) is 0. The van der Waals surface area contributed by atoms with Crippen molar-refractivity contribution in [2.75, 3.05) is 4.72 Å². The van der Waals surface area contributed by atoms with Crippen molar-refractivity contribution in [1.29, 1.82) is 0 Å². The van der Waals surface area contributed by atoms with Gasteiger partial charge in [-0.3, -0.25) is 4.72 Å². The lowest BCUT2D eigenvalue weighted by Crippen LogP contribution is -2.16. The van der Waals surface area contributed by atoms with Crippen LogP contribution in [0.2, 0.25) is 0 Å². The van der Waals surface area contributed by atoms with Gasteiger partial charge < -0.3 is 9.63 Å². The second-order valence-corrected chi connectivity index (χ2v) is 5.81. The first-order valence-electron chi connectivity index (χ1n) is 5.70. The Bertz CT molecular complexity index is 720. The maximum atomic E-state index is 13.7. The number of halogens is 1. The fraction of sp³-hybridized carbons (Fsp3) is 0.250. The molecule has 1 aromatic carbocycles. The molecule has 0 aliphatic rings. The van der Waals surface area contributed by atoms with Gasteiger partial charge in [-0.25, -0.2) is 12.8 Å². The van der Waals surface area contributed by atoms with E-state index >= 15 is 0 Å². The van der Waals surface area contributed by atoms with Gasteiger partial charge in [-0.1, -0.05) is 17.3 Å². The lowest BCUT2D eigenvalue weighted by atomic mass is 10.2. The summed E-state index contributed by atoms with van der Waals surface area (Å²) in [5, 5.41) is 12.7. The zero-order valence-electron chi connectivity index (χ0n) is 10.8. The Morgan fingerprint density at radius 1 is 1.40 bits per heavy atom. The second-order valence-electron chi connectivity index (χ2n) is 4.19. The minimum Gasteiger partial charge on any atom is -0.392 e. The van der Waals surface area contributed by atoms with Crippen LogP contribution >= 0.6 is 0 Å². The van der Waals surface area contributed by atoms with Crippen LogP contribution in [-0.4, -0.2) is 18.7 Å². The lowest BCUT2D eigenvalue weighted by molar-refractivity contribution is 0.282. The first kappa shape index (κ1) is 14.5. The molecule has 0 saturated heterocycles. The van der Waals surface area contributed by atoms with Gasteiger partial charge in [-0.15, -0.1) is 0 Å². The first-order chi connectivity index (χ1) is 9.36. The third-order valence-electron chi connectivity index (χ3n) is 2.74. The highest BCUT2D eigenvalue weighted by molar-refractivity contribution is 7.92. The van der Waals surface area contributed by atoms with Crippen LogP contribution in [0.25, 0.3) is 0 Å². The number of aryl methyl sites for hydroxylation is 2. The predicted molar refractivity (Wildman–Crippen MR) is 69.1 cm³/mol. The number of sulfonamides is 1. The normalized spacial score (nSPS) is 11.6. The van der Waals surface area contributed by atoms with Gasteiger partial charge in [0, 0.05) is 5.56 Å². The van der Waals surface area contributed by atoms with Gasteiger partial charge >= 0.3 is 0 Å². The van der Waals surface area contributed by atoms with E-state index in [9.17, 15) is 12.8 Å². The number of hydrogen-bond acceptors (Lipinski definition) is 5. The van der Waals surface area contributed by atoms with Crippen molar-refractivity contribution in [3.63, 3.8) is 0 Å². The van der Waals surface area contributed by atoms with Crippen LogP contribution in [0.5, 0.6) is 0 Å². The molecule has 0 unspecified atom stereocenters. The summed E-state index contributed by atoms with van der Waals surface area (Å²) in [7, 11) is -4.04. The molecule has 1 heterocycles. The standard InChI is InChI=1S/C12H13FN2O4S/c1-7-12(8(2)19-14-7)20(17,18)15-11-9(6-16)4-3-5-10(11)13/h3-5,15-16H,6H2,1-2H3. The van der Waals surface area contributed by atoms with E-state index in [-0.39, 0.29) is 27.6 Å². The molecule has 6 nitrogen and oxygen atoms in total. The van der Waals surface area contributed by atoms with Gasteiger partial charge in [-0.2, -0.15) is 0 Å². The molecule has 108 valence electrons. The number of aliphatic hydroxyl groups excluding tert-OH is 1. The average molecular weight is 300 g/mol. The van der Waals surface area contributed by atoms with E-state index in [1.165, 1.54) is 26.0 Å². The highest BCUT2D eigenvalue weighted by atomic mass is 32.2. The van der Waals surface area contributed by atoms with Crippen molar-refractivity contribution in [3.05, 3.63) is 41.0 Å². The van der Waals surface area contributed by atoms with Crippen LogP contribution in [0.4, 0.5) is 10.1 Å². The molecule has 0 fully saturated rings. The minimum atomic E-state index is -4.04. The number of hydrogen-bond donors (Lipinski definition) is 2. The summed E-state index contributed by atoms with van der Waals surface area (Å²) in [5.74, 6) is -0.663. The zero-order chi connectivity index (χ0) is 14.9. The molecule has 0 bridgehead atoms. The van der Waals surface area contributed by atoms with Crippen LogP contribution in [0.3, 0.4) is 0 Å². The summed E-state index contributed by atoms with van der Waals surface area (Å²) >= 11 is 0. The number of para-hydroxylation sites is 1. The molecule has 2 N–H and O–H groups in total. The van der Waals surface area contributed by atoms with Gasteiger partial charge in [0.25, 0.3) is 10.0 Å². The third kappa shape index (κ3) is 2.52. The molecule has 0 atom stereocenters. The molecule has 2 aromatic rings. The molecule has 0 amide bonds. The second kappa shape index (κ2) is 5.22. The molecular weight excluding hydrogens is 287 g/mol. The van der Waals surface area contributed by atoms with E-state index in [4.69, 9.17) is 9.63 Å². The number of aromatic nitrogens is 1. The van der Waals surface area contributed by atoms with Gasteiger partial charge in [0.1, 0.15) is 11.5 Å². The number of benzene rings is 1. The SMILES string of the molecule is Cc1noc(C)c1S(=O)(=O)Nc1c(F)cccc1CO. The Morgan fingerprint density at radius 3 is 2.65 bits per heavy atom. The van der Waals surface area contributed by atoms with E-state index in [1.807, 2.05) is 0 Å². The molecule has 2 rings (SSSR count). The largest absolute Gasteiger partial charge is 0.392 e.